The summed E-state index contributed by atoms with van der Waals surface area (Å²) >= 11 is 0. The molecule has 0 saturated heterocycles. The highest BCUT2D eigenvalue weighted by Gasteiger charge is 2.02. The minimum absolute atomic E-state index is 0.321. The minimum Gasteiger partial charge on any atom is -0.465 e. The Kier molecular flexibility index (Phi) is 3.57. The second kappa shape index (κ2) is 5.31. The molecule has 0 aliphatic carbocycles. The zero-order valence-corrected chi connectivity index (χ0v) is 10.3. The molecule has 0 saturated carbocycles. The molecule has 0 aliphatic heterocycles. The first kappa shape index (κ1) is 12.1. The molecule has 0 radical (unpaired) electrons. The number of carbonyl (C=O) groups excluding carboxylic acids is 1. The van der Waals surface area contributed by atoms with Gasteiger partial charge in [0.2, 0.25) is 0 Å². The summed E-state index contributed by atoms with van der Waals surface area (Å²) in [6.45, 7) is 0. The van der Waals surface area contributed by atoms with E-state index < -0.39 is 0 Å². The summed E-state index contributed by atoms with van der Waals surface area (Å²) in [5, 5.41) is 4.08. The van der Waals surface area contributed by atoms with Gasteiger partial charge in [0.25, 0.3) is 0 Å². The number of rotatable bonds is 3. The summed E-state index contributed by atoms with van der Waals surface area (Å²) in [5.41, 5.74) is 2.61. The van der Waals surface area contributed by atoms with Gasteiger partial charge in [-0.15, -0.1) is 0 Å². The number of aryl methyl sites for hydroxylation is 1. The van der Waals surface area contributed by atoms with Crippen molar-refractivity contribution in [3.63, 3.8) is 0 Å². The number of methoxy groups -OCH3 is 1. The standard InChI is InChI=1S/C14H14N2O2/c1-16-10-12(9-15-16)4-3-11-5-7-13(8-6-11)14(17)18-2/h3-10H,1-2H3/b4-3+. The van der Waals surface area contributed by atoms with Crippen LogP contribution in [0.4, 0.5) is 0 Å². The van der Waals surface area contributed by atoms with Crippen LogP contribution < -0.4 is 0 Å². The monoisotopic (exact) mass is 242 g/mol. The van der Waals surface area contributed by atoms with Gasteiger partial charge in [0, 0.05) is 18.8 Å². The summed E-state index contributed by atoms with van der Waals surface area (Å²) in [5.74, 6) is -0.321. The average Bonchev–Trinajstić information content (AvgIpc) is 2.82. The fourth-order valence-corrected chi connectivity index (χ4v) is 1.57. The van der Waals surface area contributed by atoms with Gasteiger partial charge in [0.1, 0.15) is 0 Å². The maximum atomic E-state index is 11.3. The van der Waals surface area contributed by atoms with Gasteiger partial charge < -0.3 is 4.74 Å². The van der Waals surface area contributed by atoms with E-state index in [2.05, 4.69) is 9.84 Å². The van der Waals surface area contributed by atoms with E-state index in [9.17, 15) is 4.79 Å². The molecular weight excluding hydrogens is 228 g/mol. The van der Waals surface area contributed by atoms with Crippen LogP contribution in [0.3, 0.4) is 0 Å². The highest BCUT2D eigenvalue weighted by molar-refractivity contribution is 5.89. The van der Waals surface area contributed by atoms with Crippen LogP contribution in [0.15, 0.2) is 36.7 Å². The van der Waals surface area contributed by atoms with Crippen LogP contribution in [-0.2, 0) is 11.8 Å². The summed E-state index contributed by atoms with van der Waals surface area (Å²) < 4.78 is 6.39. The van der Waals surface area contributed by atoms with Crippen molar-refractivity contribution < 1.29 is 9.53 Å². The number of nitrogens with zero attached hydrogens (tertiary/aromatic N) is 2. The molecule has 0 amide bonds. The van der Waals surface area contributed by atoms with E-state index in [1.54, 1.807) is 23.0 Å². The number of carbonyl (C=O) groups is 1. The number of aromatic nitrogens is 2. The molecule has 4 heteroatoms. The Morgan fingerprint density at radius 2 is 1.89 bits per heavy atom. The lowest BCUT2D eigenvalue weighted by atomic mass is 10.1. The van der Waals surface area contributed by atoms with Crippen molar-refractivity contribution >= 4 is 18.1 Å². The zero-order valence-electron chi connectivity index (χ0n) is 10.3. The van der Waals surface area contributed by atoms with Gasteiger partial charge in [-0.3, -0.25) is 4.68 Å². The van der Waals surface area contributed by atoms with Crippen molar-refractivity contribution in [3.8, 4) is 0 Å². The summed E-state index contributed by atoms with van der Waals surface area (Å²) in [6, 6.07) is 7.24. The first-order chi connectivity index (χ1) is 8.69. The average molecular weight is 242 g/mol. The van der Waals surface area contributed by atoms with Crippen LogP contribution in [0.2, 0.25) is 0 Å². The van der Waals surface area contributed by atoms with Crippen LogP contribution in [0.5, 0.6) is 0 Å². The van der Waals surface area contributed by atoms with E-state index in [1.165, 1.54) is 7.11 Å². The molecule has 1 heterocycles. The normalized spacial score (nSPS) is 10.8. The summed E-state index contributed by atoms with van der Waals surface area (Å²) in [7, 11) is 3.25. The molecule has 0 unspecified atom stereocenters. The van der Waals surface area contributed by atoms with Gasteiger partial charge in [0.05, 0.1) is 18.9 Å². The van der Waals surface area contributed by atoms with E-state index >= 15 is 0 Å². The smallest absolute Gasteiger partial charge is 0.337 e. The number of hydrogen-bond acceptors (Lipinski definition) is 3. The van der Waals surface area contributed by atoms with Gasteiger partial charge in [-0.05, 0) is 17.7 Å². The van der Waals surface area contributed by atoms with Crippen molar-refractivity contribution in [2.24, 2.45) is 7.05 Å². The Bertz CT molecular complexity index is 568. The fourth-order valence-electron chi connectivity index (χ4n) is 1.57. The van der Waals surface area contributed by atoms with Crippen molar-refractivity contribution in [2.45, 2.75) is 0 Å². The molecule has 0 spiro atoms. The number of benzene rings is 1. The molecule has 1 aromatic carbocycles. The molecule has 4 nitrogen and oxygen atoms in total. The number of ether oxygens (including phenoxy) is 1. The van der Waals surface area contributed by atoms with Crippen LogP contribution in [0.1, 0.15) is 21.5 Å². The molecular formula is C14H14N2O2. The summed E-state index contributed by atoms with van der Waals surface area (Å²) in [4.78, 5) is 11.3. The molecule has 0 aliphatic rings. The Labute approximate surface area is 106 Å². The van der Waals surface area contributed by atoms with Crippen molar-refractivity contribution in [3.05, 3.63) is 53.3 Å². The van der Waals surface area contributed by atoms with E-state index in [0.717, 1.165) is 11.1 Å². The minimum atomic E-state index is -0.321. The molecule has 92 valence electrons. The van der Waals surface area contributed by atoms with Crippen LogP contribution in [0, 0.1) is 0 Å². The van der Waals surface area contributed by atoms with Gasteiger partial charge >= 0.3 is 5.97 Å². The van der Waals surface area contributed by atoms with Crippen LogP contribution >= 0.6 is 0 Å². The van der Waals surface area contributed by atoms with Crippen molar-refractivity contribution in [1.29, 1.82) is 0 Å². The fraction of sp³-hybridized carbons (Fsp3) is 0.143. The summed E-state index contributed by atoms with van der Waals surface area (Å²) in [6.07, 6.45) is 7.66. The Morgan fingerprint density at radius 1 is 1.22 bits per heavy atom. The molecule has 18 heavy (non-hydrogen) atoms. The first-order valence-electron chi connectivity index (χ1n) is 5.54. The molecule has 0 bridgehead atoms. The maximum Gasteiger partial charge on any atom is 0.337 e. The van der Waals surface area contributed by atoms with E-state index in [-0.39, 0.29) is 5.97 Å². The largest absolute Gasteiger partial charge is 0.465 e. The van der Waals surface area contributed by atoms with Crippen LogP contribution in [0.25, 0.3) is 12.2 Å². The Hall–Kier alpha value is -2.36. The van der Waals surface area contributed by atoms with Gasteiger partial charge in [0.15, 0.2) is 0 Å². The highest BCUT2D eigenvalue weighted by atomic mass is 16.5. The molecule has 2 aromatic rings. The van der Waals surface area contributed by atoms with Crippen LogP contribution in [-0.4, -0.2) is 22.9 Å². The predicted octanol–water partition coefficient (Wildman–Crippen LogP) is 2.38. The molecule has 0 atom stereocenters. The van der Waals surface area contributed by atoms with Crippen molar-refractivity contribution in [2.75, 3.05) is 7.11 Å². The maximum absolute atomic E-state index is 11.3. The Balaban J connectivity index is 2.11. The third-order valence-electron chi connectivity index (χ3n) is 2.52. The lowest BCUT2D eigenvalue weighted by Gasteiger charge is -1.99. The molecule has 2 rings (SSSR count). The number of hydrogen-bond donors (Lipinski definition) is 0. The van der Waals surface area contributed by atoms with E-state index in [4.69, 9.17) is 0 Å². The lowest BCUT2D eigenvalue weighted by molar-refractivity contribution is 0.0601. The molecule has 1 aromatic heterocycles. The third-order valence-corrected chi connectivity index (χ3v) is 2.52. The SMILES string of the molecule is COC(=O)c1ccc(/C=C/c2cnn(C)c2)cc1. The van der Waals surface area contributed by atoms with Crippen molar-refractivity contribution in [1.82, 2.24) is 9.78 Å². The van der Waals surface area contributed by atoms with Gasteiger partial charge in [-0.25, -0.2) is 4.79 Å². The quantitative estimate of drug-likeness (QED) is 0.776. The number of esters is 1. The second-order valence-corrected chi connectivity index (χ2v) is 3.89. The third kappa shape index (κ3) is 2.85. The topological polar surface area (TPSA) is 44.1 Å². The van der Waals surface area contributed by atoms with Gasteiger partial charge in [-0.1, -0.05) is 24.3 Å². The highest BCUT2D eigenvalue weighted by Crippen LogP contribution is 2.10. The lowest BCUT2D eigenvalue weighted by Crippen LogP contribution is -2.00. The predicted molar refractivity (Wildman–Crippen MR) is 69.9 cm³/mol. The molecule has 0 N–H and O–H groups in total. The van der Waals surface area contributed by atoms with E-state index in [1.807, 2.05) is 37.5 Å². The first-order valence-corrected chi connectivity index (χ1v) is 5.54. The zero-order chi connectivity index (χ0) is 13.0. The second-order valence-electron chi connectivity index (χ2n) is 3.89. The Morgan fingerprint density at radius 3 is 2.44 bits per heavy atom. The van der Waals surface area contributed by atoms with E-state index in [0.29, 0.717) is 5.56 Å². The van der Waals surface area contributed by atoms with Gasteiger partial charge in [-0.2, -0.15) is 5.10 Å². The molecule has 0 fully saturated rings.